The van der Waals surface area contributed by atoms with Gasteiger partial charge in [0.2, 0.25) is 5.91 Å². The number of nitrogens with one attached hydrogen (secondary N) is 2. The molecule has 0 aromatic heterocycles. The maximum Gasteiger partial charge on any atom is 0.224 e. The Morgan fingerprint density at radius 2 is 2.14 bits per heavy atom. The zero-order chi connectivity index (χ0) is 15.7. The normalized spacial score (nSPS) is 12.1. The first kappa shape index (κ1) is 17.4. The van der Waals surface area contributed by atoms with Gasteiger partial charge in [-0.3, -0.25) is 9.63 Å². The van der Waals surface area contributed by atoms with Crippen LogP contribution in [0.15, 0.2) is 18.2 Å². The van der Waals surface area contributed by atoms with Crippen LogP contribution in [-0.2, 0) is 14.4 Å². The maximum absolute atomic E-state index is 11.6. The third-order valence-electron chi connectivity index (χ3n) is 2.90. The molecule has 1 aromatic rings. The highest BCUT2D eigenvalue weighted by Gasteiger charge is 2.12. The van der Waals surface area contributed by atoms with Crippen molar-refractivity contribution in [3.63, 3.8) is 0 Å². The minimum Gasteiger partial charge on any atom is -0.508 e. The van der Waals surface area contributed by atoms with Gasteiger partial charge in [-0.15, -0.1) is 0 Å². The highest BCUT2D eigenvalue weighted by Crippen LogP contribution is 2.27. The lowest BCUT2D eigenvalue weighted by Crippen LogP contribution is -2.21. The van der Waals surface area contributed by atoms with Crippen LogP contribution < -0.4 is 10.8 Å². The Hall–Kier alpha value is -1.63. The Morgan fingerprint density at radius 1 is 1.38 bits per heavy atom. The number of methoxy groups -OCH3 is 1. The predicted molar refractivity (Wildman–Crippen MR) is 81.0 cm³/mol. The summed E-state index contributed by atoms with van der Waals surface area (Å²) >= 11 is 0. The van der Waals surface area contributed by atoms with Gasteiger partial charge in [-0.2, -0.15) is 5.48 Å². The van der Waals surface area contributed by atoms with Crippen molar-refractivity contribution in [2.45, 2.75) is 32.7 Å². The number of hydrogen-bond acceptors (Lipinski definition) is 5. The molecular weight excluding hydrogens is 272 g/mol. The van der Waals surface area contributed by atoms with E-state index in [1.165, 1.54) is 0 Å². The standard InChI is InChI=1S/C15H24N2O4/c1-4-5-15(19)16-12-6-7-14(18)13(10-12)11(2)17-21-9-8-20-3/h6-7,10-11,17-18H,4-5,8-9H2,1-3H3,(H,16,19). The lowest BCUT2D eigenvalue weighted by molar-refractivity contribution is -0.116. The molecule has 0 aliphatic heterocycles. The summed E-state index contributed by atoms with van der Waals surface area (Å²) in [6.45, 7) is 4.71. The molecule has 0 heterocycles. The molecule has 0 aliphatic carbocycles. The molecule has 1 atom stereocenters. The Balaban J connectivity index is 2.65. The van der Waals surface area contributed by atoms with Gasteiger partial charge in [0.15, 0.2) is 0 Å². The molecule has 1 amide bonds. The predicted octanol–water partition coefficient (Wildman–Crippen LogP) is 2.36. The maximum atomic E-state index is 11.6. The number of carbonyl (C=O) groups is 1. The number of anilines is 1. The summed E-state index contributed by atoms with van der Waals surface area (Å²) in [6, 6.07) is 4.75. The number of ether oxygens (including phenoxy) is 1. The number of benzene rings is 1. The van der Waals surface area contributed by atoms with E-state index in [4.69, 9.17) is 9.57 Å². The van der Waals surface area contributed by atoms with Crippen LogP contribution in [0.4, 0.5) is 5.69 Å². The molecule has 0 spiro atoms. The van der Waals surface area contributed by atoms with E-state index in [-0.39, 0.29) is 17.7 Å². The lowest BCUT2D eigenvalue weighted by Gasteiger charge is -2.16. The van der Waals surface area contributed by atoms with Crippen LogP contribution >= 0.6 is 0 Å². The van der Waals surface area contributed by atoms with Crippen molar-refractivity contribution in [2.24, 2.45) is 0 Å². The summed E-state index contributed by atoms with van der Waals surface area (Å²) in [7, 11) is 1.60. The van der Waals surface area contributed by atoms with Gasteiger partial charge in [0.25, 0.3) is 0 Å². The van der Waals surface area contributed by atoms with Crippen molar-refractivity contribution in [2.75, 3.05) is 25.6 Å². The van der Waals surface area contributed by atoms with Crippen LogP contribution in [0.5, 0.6) is 5.75 Å². The largest absolute Gasteiger partial charge is 0.508 e. The second-order valence-corrected chi connectivity index (χ2v) is 4.75. The van der Waals surface area contributed by atoms with Gasteiger partial charge < -0.3 is 15.2 Å². The Kier molecular flexibility index (Phi) is 7.74. The van der Waals surface area contributed by atoms with Crippen molar-refractivity contribution in [1.29, 1.82) is 0 Å². The highest BCUT2D eigenvalue weighted by molar-refractivity contribution is 5.90. The summed E-state index contributed by atoms with van der Waals surface area (Å²) in [5, 5.41) is 12.7. The Bertz CT molecular complexity index is 451. The summed E-state index contributed by atoms with van der Waals surface area (Å²) in [4.78, 5) is 16.8. The fourth-order valence-electron chi connectivity index (χ4n) is 1.80. The van der Waals surface area contributed by atoms with Gasteiger partial charge in [0.05, 0.1) is 19.3 Å². The first-order valence-electron chi connectivity index (χ1n) is 7.07. The number of hydrogen-bond donors (Lipinski definition) is 3. The van der Waals surface area contributed by atoms with E-state index in [2.05, 4.69) is 10.8 Å². The van der Waals surface area contributed by atoms with Crippen molar-refractivity contribution in [3.8, 4) is 5.75 Å². The summed E-state index contributed by atoms with van der Waals surface area (Å²) < 4.78 is 4.88. The van der Waals surface area contributed by atoms with Crippen molar-refractivity contribution in [1.82, 2.24) is 5.48 Å². The second kappa shape index (κ2) is 9.33. The summed E-state index contributed by atoms with van der Waals surface area (Å²) in [5.41, 5.74) is 4.14. The number of rotatable bonds is 9. The fourth-order valence-corrected chi connectivity index (χ4v) is 1.80. The van der Waals surface area contributed by atoms with Crippen molar-refractivity contribution >= 4 is 11.6 Å². The molecular formula is C15H24N2O4. The molecule has 1 unspecified atom stereocenters. The monoisotopic (exact) mass is 296 g/mol. The lowest BCUT2D eigenvalue weighted by atomic mass is 10.1. The average Bonchev–Trinajstić information content (AvgIpc) is 2.45. The third kappa shape index (κ3) is 6.12. The van der Waals surface area contributed by atoms with Crippen LogP contribution in [0.1, 0.15) is 38.3 Å². The number of phenols is 1. The van der Waals surface area contributed by atoms with Gasteiger partial charge in [0, 0.05) is 24.8 Å². The highest BCUT2D eigenvalue weighted by atomic mass is 16.7. The quantitative estimate of drug-likeness (QED) is 0.370. The molecule has 0 fully saturated rings. The number of aromatic hydroxyl groups is 1. The molecule has 0 saturated heterocycles. The second-order valence-electron chi connectivity index (χ2n) is 4.75. The summed E-state index contributed by atoms with van der Waals surface area (Å²) in [5.74, 6) is 0.116. The van der Waals surface area contributed by atoms with Crippen molar-refractivity contribution in [3.05, 3.63) is 23.8 Å². The molecule has 0 bridgehead atoms. The zero-order valence-electron chi connectivity index (χ0n) is 12.8. The van der Waals surface area contributed by atoms with E-state index in [0.717, 1.165) is 6.42 Å². The van der Waals surface area contributed by atoms with Crippen LogP contribution in [0.2, 0.25) is 0 Å². The number of carbonyl (C=O) groups excluding carboxylic acids is 1. The fraction of sp³-hybridized carbons (Fsp3) is 0.533. The molecule has 3 N–H and O–H groups in total. The smallest absolute Gasteiger partial charge is 0.224 e. The van der Waals surface area contributed by atoms with E-state index in [9.17, 15) is 9.90 Å². The number of amides is 1. The van der Waals surface area contributed by atoms with Crippen LogP contribution in [0.3, 0.4) is 0 Å². The molecule has 6 nitrogen and oxygen atoms in total. The Morgan fingerprint density at radius 3 is 2.81 bits per heavy atom. The van der Waals surface area contributed by atoms with Gasteiger partial charge in [-0.05, 0) is 31.5 Å². The van der Waals surface area contributed by atoms with Gasteiger partial charge in [-0.1, -0.05) is 6.92 Å². The molecule has 1 rings (SSSR count). The average molecular weight is 296 g/mol. The first-order valence-corrected chi connectivity index (χ1v) is 7.07. The van der Waals surface area contributed by atoms with Gasteiger partial charge in [0.1, 0.15) is 5.75 Å². The van der Waals surface area contributed by atoms with E-state index >= 15 is 0 Å². The molecule has 1 aromatic carbocycles. The molecule has 0 radical (unpaired) electrons. The van der Waals surface area contributed by atoms with Crippen LogP contribution in [-0.4, -0.2) is 31.3 Å². The molecule has 6 heteroatoms. The SMILES string of the molecule is CCCC(=O)Nc1ccc(O)c(C(C)NOCCOC)c1. The minimum absolute atomic E-state index is 0.0360. The third-order valence-corrected chi connectivity index (χ3v) is 2.90. The minimum atomic E-state index is -0.218. The number of hydroxylamine groups is 1. The topological polar surface area (TPSA) is 79.8 Å². The summed E-state index contributed by atoms with van der Waals surface area (Å²) in [6.07, 6.45) is 1.27. The van der Waals surface area contributed by atoms with Gasteiger partial charge in [-0.25, -0.2) is 0 Å². The van der Waals surface area contributed by atoms with Crippen LogP contribution in [0, 0.1) is 0 Å². The van der Waals surface area contributed by atoms with Crippen molar-refractivity contribution < 1.29 is 19.5 Å². The van der Waals surface area contributed by atoms with Crippen LogP contribution in [0.25, 0.3) is 0 Å². The van der Waals surface area contributed by atoms with E-state index in [1.54, 1.807) is 25.3 Å². The Labute approximate surface area is 125 Å². The van der Waals surface area contributed by atoms with E-state index in [1.807, 2.05) is 13.8 Å². The first-order chi connectivity index (χ1) is 10.1. The zero-order valence-corrected chi connectivity index (χ0v) is 12.8. The van der Waals surface area contributed by atoms with E-state index < -0.39 is 0 Å². The van der Waals surface area contributed by atoms with Gasteiger partial charge >= 0.3 is 0 Å². The molecule has 0 aliphatic rings. The number of phenolic OH excluding ortho intramolecular Hbond substituents is 1. The molecule has 21 heavy (non-hydrogen) atoms. The molecule has 0 saturated carbocycles. The van der Waals surface area contributed by atoms with E-state index in [0.29, 0.717) is 30.9 Å². The molecule has 118 valence electrons.